The number of nitrogens with one attached hydrogen (secondary N) is 6. The summed E-state index contributed by atoms with van der Waals surface area (Å²) in [6.07, 6.45) is 5.66. The minimum Gasteiger partial charge on any atom is -0.368 e. The van der Waals surface area contributed by atoms with Gasteiger partial charge in [0.2, 0.25) is 41.4 Å². The van der Waals surface area contributed by atoms with E-state index in [1.807, 2.05) is 55.7 Å². The van der Waals surface area contributed by atoms with E-state index in [-0.39, 0.29) is 55.8 Å². The van der Waals surface area contributed by atoms with Crippen molar-refractivity contribution in [3.05, 3.63) is 166 Å². The van der Waals surface area contributed by atoms with Gasteiger partial charge in [-0.15, -0.1) is 0 Å². The Hall–Kier alpha value is -9.04. The quantitative estimate of drug-likeness (QED) is 0.0379. The van der Waals surface area contributed by atoms with Crippen LogP contribution in [0.5, 0.6) is 0 Å². The summed E-state index contributed by atoms with van der Waals surface area (Å²) < 4.78 is 14.2. The predicted octanol–water partition coefficient (Wildman–Crippen LogP) is 5.79. The molecule has 0 saturated carbocycles. The molecule has 2 aliphatic heterocycles. The molecule has 20 heteroatoms. The van der Waals surface area contributed by atoms with Gasteiger partial charge in [0, 0.05) is 92.5 Å². The van der Waals surface area contributed by atoms with Gasteiger partial charge in [0.25, 0.3) is 5.69 Å². The van der Waals surface area contributed by atoms with Gasteiger partial charge in [-0.25, -0.2) is 4.39 Å². The minimum atomic E-state index is -1.23. The van der Waals surface area contributed by atoms with Crippen molar-refractivity contribution in [1.29, 1.82) is 0 Å². The summed E-state index contributed by atoms with van der Waals surface area (Å²) in [5, 5.41) is 26.7. The van der Waals surface area contributed by atoms with Crippen molar-refractivity contribution in [3.63, 3.8) is 0 Å². The first kappa shape index (κ1) is 54.7. The van der Waals surface area contributed by atoms with Crippen LogP contribution in [-0.2, 0) is 52.8 Å². The lowest BCUT2D eigenvalue weighted by atomic mass is 9.79. The highest BCUT2D eigenvalue weighted by Crippen LogP contribution is 2.41. The maximum atomic E-state index is 14.7. The Morgan fingerprint density at radius 3 is 2.06 bits per heavy atom. The van der Waals surface area contributed by atoms with Crippen molar-refractivity contribution in [1.82, 2.24) is 30.7 Å². The van der Waals surface area contributed by atoms with Crippen LogP contribution < -0.4 is 32.3 Å². The summed E-state index contributed by atoms with van der Waals surface area (Å²) in [6.45, 7) is 1.98. The van der Waals surface area contributed by atoms with E-state index >= 15 is 0 Å². The summed E-state index contributed by atoms with van der Waals surface area (Å²) in [5.74, 6) is -5.13. The number of rotatable bonds is 19. The van der Waals surface area contributed by atoms with E-state index in [0.29, 0.717) is 48.4 Å². The van der Waals surface area contributed by atoms with Gasteiger partial charge in [-0.1, -0.05) is 66.7 Å². The number of amides is 7. The second-order valence-corrected chi connectivity index (χ2v) is 20.5. The molecule has 408 valence electrons. The maximum Gasteiger partial charge on any atom is 0.269 e. The number of hydrogen-bond donors (Lipinski definition) is 7. The number of nitro benzene ring substituents is 1. The van der Waals surface area contributed by atoms with Crippen molar-refractivity contribution in [2.45, 2.75) is 76.0 Å². The van der Waals surface area contributed by atoms with Crippen LogP contribution in [0.4, 0.5) is 21.5 Å². The molecule has 8 N–H and O–H groups in total. The van der Waals surface area contributed by atoms with E-state index in [9.17, 15) is 48.1 Å². The number of likely N-dealkylation sites (N-methyl/N-ethyl adjacent to an activating group) is 1. The third-order valence-corrected chi connectivity index (χ3v) is 14.9. The smallest absolute Gasteiger partial charge is 0.269 e. The summed E-state index contributed by atoms with van der Waals surface area (Å²) >= 11 is 0. The van der Waals surface area contributed by atoms with Crippen molar-refractivity contribution in [3.8, 4) is 11.1 Å². The van der Waals surface area contributed by atoms with Crippen LogP contribution in [0.15, 0.2) is 128 Å². The Morgan fingerprint density at radius 2 is 1.42 bits per heavy atom. The largest absolute Gasteiger partial charge is 0.368 e. The SMILES string of the molecule is CC(=O)N[C@@H](CCC(=O)Nc1ccc(-c2ccc(NC(=O)C3CCCN(C(=O)[C@H](Cc4ccc(F)cc4)NC(=O)[C@H](Cc4ccc([N+](=O)[O-])cc4)NC(=O)[C@@H]4C=C5c6cccc7[nH]cc(c67)C[C@H]5N(C)C4)C3)cc2)cc1)C(N)=O. The summed E-state index contributed by atoms with van der Waals surface area (Å²) in [4.78, 5) is 111. The van der Waals surface area contributed by atoms with Gasteiger partial charge in [0.1, 0.15) is 23.9 Å². The van der Waals surface area contributed by atoms with Gasteiger partial charge >= 0.3 is 0 Å². The van der Waals surface area contributed by atoms with Gasteiger partial charge in [-0.3, -0.25) is 48.6 Å². The molecule has 3 aliphatic rings. The lowest BCUT2D eigenvalue weighted by Gasteiger charge is -2.39. The number of halogens is 1. The first-order valence-corrected chi connectivity index (χ1v) is 26.2. The van der Waals surface area contributed by atoms with Crippen LogP contribution in [0.3, 0.4) is 0 Å². The zero-order valence-corrected chi connectivity index (χ0v) is 43.6. The van der Waals surface area contributed by atoms with Gasteiger partial charge in [-0.05, 0) is 114 Å². The molecule has 7 amide bonds. The van der Waals surface area contributed by atoms with Crippen LogP contribution in [0, 0.1) is 27.8 Å². The number of carbonyl (C=O) groups excluding carboxylic acids is 7. The Bertz CT molecular complexity index is 3330. The molecular weight excluding hydrogens is 1010 g/mol. The van der Waals surface area contributed by atoms with E-state index in [0.717, 1.165) is 39.6 Å². The Morgan fingerprint density at radius 1 is 0.772 bits per heavy atom. The number of aromatic amines is 1. The third-order valence-electron chi connectivity index (χ3n) is 14.9. The molecule has 3 heterocycles. The number of hydrogen-bond acceptors (Lipinski definition) is 10. The molecule has 19 nitrogen and oxygen atoms in total. The highest BCUT2D eigenvalue weighted by Gasteiger charge is 2.38. The van der Waals surface area contributed by atoms with E-state index < -0.39 is 70.2 Å². The first-order valence-electron chi connectivity index (χ1n) is 26.2. The summed E-state index contributed by atoms with van der Waals surface area (Å²) in [5.41, 5.74) is 13.3. The molecule has 6 aromatic rings. The number of anilines is 2. The van der Waals surface area contributed by atoms with Gasteiger partial charge < -0.3 is 42.2 Å². The number of aromatic nitrogens is 1. The molecule has 1 aromatic heterocycles. The second kappa shape index (κ2) is 24.1. The number of likely N-dealkylation sites (tertiary alicyclic amines) is 1. The van der Waals surface area contributed by atoms with E-state index in [4.69, 9.17) is 5.73 Å². The number of nitro groups is 1. The fraction of sp³-hybridized carbons (Fsp3) is 0.305. The molecule has 1 saturated heterocycles. The van der Waals surface area contributed by atoms with Crippen LogP contribution in [-0.4, -0.2) is 112 Å². The number of nitrogens with two attached hydrogens (primary N) is 1. The molecule has 0 bridgehead atoms. The highest BCUT2D eigenvalue weighted by atomic mass is 19.1. The molecule has 6 atom stereocenters. The van der Waals surface area contributed by atoms with Crippen molar-refractivity contribution in [2.75, 3.05) is 37.3 Å². The standard InChI is InChI=1S/C59H61FN10O9/c1-34(71)63-49(55(61)73)24-25-53(72)64-43-18-12-37(13-19-43)38-14-20-44(21-15-38)65-56(74)39-5-4-26-69(33-39)59(77)51(28-35-8-16-42(60)17-9-35)67-58(76)50(27-36-10-22-45(23-11-36)70(78)79)66-57(75)41-29-47-46-6-3-7-48-54(46)40(31-62-48)30-52(47)68(2)32-41/h3,6-23,29,31,39,41,49-52,62H,4-5,24-28,30,32-33H2,1-2H3,(H2,61,73)(H,63,71)(H,64,72)(H,65,74)(H,66,75)(H,67,76)/t39?,41-,49+,50+,51+,52-/m1/s1. The number of piperidine rings is 1. The fourth-order valence-electron chi connectivity index (χ4n) is 10.8. The number of benzene rings is 5. The second-order valence-electron chi connectivity index (χ2n) is 20.5. The molecule has 79 heavy (non-hydrogen) atoms. The number of fused-ring (bicyclic) bond motifs is 2. The molecule has 0 radical (unpaired) electrons. The molecule has 5 aromatic carbocycles. The van der Waals surface area contributed by atoms with Crippen molar-refractivity contribution in [2.24, 2.45) is 17.6 Å². The third kappa shape index (κ3) is 13.2. The lowest BCUT2D eigenvalue weighted by molar-refractivity contribution is -0.384. The first-order chi connectivity index (χ1) is 38.0. The monoisotopic (exact) mass is 1070 g/mol. The molecule has 0 spiro atoms. The summed E-state index contributed by atoms with van der Waals surface area (Å²) in [6, 6.07) is 28.2. The van der Waals surface area contributed by atoms with Crippen LogP contribution >= 0.6 is 0 Å². The number of non-ortho nitro benzene ring substituents is 1. The lowest BCUT2D eigenvalue weighted by Crippen LogP contribution is -2.58. The van der Waals surface area contributed by atoms with E-state index in [1.165, 1.54) is 61.0 Å². The van der Waals surface area contributed by atoms with E-state index in [1.54, 1.807) is 29.2 Å². The number of primary amides is 1. The molecule has 1 aliphatic carbocycles. The molecule has 9 rings (SSSR count). The van der Waals surface area contributed by atoms with E-state index in [2.05, 4.69) is 42.5 Å². The number of nitrogens with zero attached hydrogens (tertiary/aromatic N) is 3. The number of H-pyrrole nitrogens is 1. The minimum absolute atomic E-state index is 0.0341. The molecule has 1 fully saturated rings. The fourth-order valence-corrected chi connectivity index (χ4v) is 10.8. The van der Waals surface area contributed by atoms with Crippen LogP contribution in [0.25, 0.3) is 27.6 Å². The van der Waals surface area contributed by atoms with Crippen molar-refractivity contribution < 1.29 is 42.9 Å². The predicted molar refractivity (Wildman–Crippen MR) is 295 cm³/mol. The summed E-state index contributed by atoms with van der Waals surface area (Å²) in [7, 11) is 1.97. The average Bonchev–Trinajstić information content (AvgIpc) is 4.15. The Labute approximate surface area is 454 Å². The van der Waals surface area contributed by atoms with Gasteiger partial charge in [0.05, 0.1) is 16.8 Å². The zero-order chi connectivity index (χ0) is 55.9. The topological polar surface area (TPSA) is 271 Å². The Kier molecular flexibility index (Phi) is 16.7. The van der Waals surface area contributed by atoms with Crippen LogP contribution in [0.2, 0.25) is 0 Å². The van der Waals surface area contributed by atoms with Crippen LogP contribution in [0.1, 0.15) is 54.9 Å². The average molecular weight is 1070 g/mol. The normalized spacial score (nSPS) is 17.9. The maximum absolute atomic E-state index is 14.7. The zero-order valence-electron chi connectivity index (χ0n) is 43.6. The van der Waals surface area contributed by atoms with Crippen molar-refractivity contribution >= 4 is 74.9 Å². The molecule has 1 unspecified atom stereocenters. The number of carbonyl (C=O) groups is 7. The van der Waals surface area contributed by atoms with Gasteiger partial charge in [0.15, 0.2) is 0 Å². The Balaban J connectivity index is 0.870. The highest BCUT2D eigenvalue weighted by molar-refractivity contribution is 6.00. The molecular formula is C59H61FN10O9. The van der Waals surface area contributed by atoms with Gasteiger partial charge in [-0.2, -0.15) is 0 Å².